The van der Waals surface area contributed by atoms with Crippen LogP contribution in [0.5, 0.6) is 0 Å². The second-order valence-electron chi connectivity index (χ2n) is 13.9. The molecule has 3 aliphatic carbocycles. The Morgan fingerprint density at radius 1 is 0.426 bits per heavy atom. The molecule has 5 heteroatoms. The van der Waals surface area contributed by atoms with Crippen LogP contribution in [0.15, 0.2) is 170 Å². The third-order valence-electron chi connectivity index (χ3n) is 11.0. The summed E-state index contributed by atoms with van der Waals surface area (Å²) < 4.78 is 0. The monoisotopic (exact) mass is 689 g/mol. The van der Waals surface area contributed by atoms with E-state index in [1.54, 1.807) is 12.1 Å². The molecule has 0 radical (unpaired) electrons. The van der Waals surface area contributed by atoms with Gasteiger partial charge in [0.15, 0.2) is 0 Å². The van der Waals surface area contributed by atoms with E-state index >= 15 is 0 Å². The van der Waals surface area contributed by atoms with Crippen molar-refractivity contribution in [3.8, 4) is 12.1 Å². The van der Waals surface area contributed by atoms with Gasteiger partial charge in [-0.15, -0.1) is 0 Å². The molecule has 0 fully saturated rings. The number of anilines is 3. The van der Waals surface area contributed by atoms with E-state index in [1.807, 2.05) is 12.1 Å². The van der Waals surface area contributed by atoms with Crippen molar-refractivity contribution in [3.63, 3.8) is 0 Å². The topological polar surface area (TPSA) is 76.6 Å². The van der Waals surface area contributed by atoms with Crippen LogP contribution >= 0.6 is 0 Å². The second kappa shape index (κ2) is 12.7. The fourth-order valence-corrected chi connectivity index (χ4v) is 8.63. The molecule has 8 aromatic rings. The van der Waals surface area contributed by atoms with Gasteiger partial charge < -0.3 is 4.90 Å². The van der Waals surface area contributed by atoms with E-state index in [4.69, 9.17) is 9.97 Å². The molecule has 0 spiro atoms. The molecule has 5 nitrogen and oxygen atoms in total. The minimum atomic E-state index is -0.178. The highest BCUT2D eigenvalue weighted by Gasteiger charge is 2.44. The number of aromatic nitrogens is 2. The van der Waals surface area contributed by atoms with E-state index < -0.39 is 0 Å². The van der Waals surface area contributed by atoms with Gasteiger partial charge in [0.05, 0.1) is 45.4 Å². The molecule has 1 heterocycles. The van der Waals surface area contributed by atoms with Gasteiger partial charge in [-0.2, -0.15) is 10.5 Å². The van der Waals surface area contributed by atoms with Gasteiger partial charge in [0.1, 0.15) is 12.1 Å². The maximum Gasteiger partial charge on any atom is 0.101 e. The lowest BCUT2D eigenvalue weighted by molar-refractivity contribution is 0.706. The quantitative estimate of drug-likeness (QED) is 0.162. The van der Waals surface area contributed by atoms with Crippen LogP contribution in [0.1, 0.15) is 79.2 Å². The van der Waals surface area contributed by atoms with Crippen molar-refractivity contribution in [1.82, 2.24) is 9.97 Å². The molecule has 0 saturated carbocycles. The summed E-state index contributed by atoms with van der Waals surface area (Å²) in [6.45, 7) is 0. The SMILES string of the molecule is N#Cc1cc2nc3c(nc2cc1C#N)[C@H]1c2ccc(N(c4ccccc4)c4ccccc4)cc2C3c2ccc(C(c3ccccc3)c3ccccc3)cc21. The number of benzene rings is 7. The predicted molar refractivity (Wildman–Crippen MR) is 212 cm³/mol. The first-order valence-electron chi connectivity index (χ1n) is 18.1. The zero-order valence-corrected chi connectivity index (χ0v) is 29.1. The lowest BCUT2D eigenvalue weighted by Gasteiger charge is -2.41. The number of nitrogens with zero attached hydrogens (tertiary/aromatic N) is 5. The zero-order valence-electron chi connectivity index (χ0n) is 29.1. The van der Waals surface area contributed by atoms with Gasteiger partial charge in [-0.25, -0.2) is 9.97 Å². The Hall–Kier alpha value is -7.34. The molecule has 3 aliphatic rings. The Labute approximate surface area is 313 Å². The number of hydrogen-bond donors (Lipinski definition) is 0. The molecule has 0 saturated heterocycles. The van der Waals surface area contributed by atoms with Gasteiger partial charge in [0.2, 0.25) is 0 Å². The van der Waals surface area contributed by atoms with Crippen LogP contribution in [0.2, 0.25) is 0 Å². The van der Waals surface area contributed by atoms with E-state index in [-0.39, 0.29) is 17.8 Å². The number of rotatable bonds is 6. The Kier molecular flexibility index (Phi) is 7.39. The third kappa shape index (κ3) is 4.99. The van der Waals surface area contributed by atoms with Crippen LogP contribution in [-0.4, -0.2) is 9.97 Å². The van der Waals surface area contributed by atoms with Crippen molar-refractivity contribution in [1.29, 1.82) is 10.5 Å². The fourth-order valence-electron chi connectivity index (χ4n) is 8.63. The van der Waals surface area contributed by atoms with Crippen LogP contribution in [0.4, 0.5) is 17.1 Å². The third-order valence-corrected chi connectivity index (χ3v) is 11.0. The molecule has 1 unspecified atom stereocenters. The van der Waals surface area contributed by atoms with E-state index in [0.29, 0.717) is 22.2 Å². The molecule has 0 amide bonds. The maximum atomic E-state index is 9.87. The van der Waals surface area contributed by atoms with E-state index in [9.17, 15) is 10.5 Å². The first-order valence-corrected chi connectivity index (χ1v) is 18.1. The van der Waals surface area contributed by atoms with Gasteiger partial charge in [-0.05, 0) is 87.5 Å². The van der Waals surface area contributed by atoms with Crippen molar-refractivity contribution in [2.24, 2.45) is 0 Å². The molecule has 11 rings (SSSR count). The van der Waals surface area contributed by atoms with Gasteiger partial charge in [-0.3, -0.25) is 0 Å². The molecule has 2 bridgehead atoms. The Morgan fingerprint density at radius 3 is 1.35 bits per heavy atom. The van der Waals surface area contributed by atoms with E-state index in [0.717, 1.165) is 28.5 Å². The summed E-state index contributed by atoms with van der Waals surface area (Å²) in [5.41, 5.74) is 15.4. The van der Waals surface area contributed by atoms with Crippen molar-refractivity contribution < 1.29 is 0 Å². The smallest absolute Gasteiger partial charge is 0.101 e. The van der Waals surface area contributed by atoms with Crippen molar-refractivity contribution in [2.75, 3.05) is 4.90 Å². The molecule has 2 atom stereocenters. The van der Waals surface area contributed by atoms with Gasteiger partial charge in [0, 0.05) is 23.0 Å². The average Bonchev–Trinajstić information content (AvgIpc) is 3.24. The molecule has 54 heavy (non-hydrogen) atoms. The minimum Gasteiger partial charge on any atom is -0.310 e. The van der Waals surface area contributed by atoms with Crippen LogP contribution < -0.4 is 4.90 Å². The summed E-state index contributed by atoms with van der Waals surface area (Å²) in [6, 6.07) is 63.9. The normalized spacial score (nSPS) is 14.8. The summed E-state index contributed by atoms with van der Waals surface area (Å²) in [5, 5.41) is 19.7. The van der Waals surface area contributed by atoms with E-state index in [2.05, 4.69) is 163 Å². The van der Waals surface area contributed by atoms with Crippen molar-refractivity contribution in [2.45, 2.75) is 17.8 Å². The van der Waals surface area contributed by atoms with Crippen LogP contribution in [-0.2, 0) is 0 Å². The van der Waals surface area contributed by atoms with Crippen LogP contribution in [0.3, 0.4) is 0 Å². The number of para-hydroxylation sites is 2. The lowest BCUT2D eigenvalue weighted by Crippen LogP contribution is -2.30. The Bertz CT molecular complexity index is 2530. The molecular weight excluding hydrogens is 659 g/mol. The lowest BCUT2D eigenvalue weighted by atomic mass is 9.63. The van der Waals surface area contributed by atoms with Crippen LogP contribution in [0.25, 0.3) is 11.0 Å². The molecule has 7 aromatic carbocycles. The predicted octanol–water partition coefficient (Wildman–Crippen LogP) is 11.0. The maximum absolute atomic E-state index is 9.87. The summed E-state index contributed by atoms with van der Waals surface area (Å²) in [4.78, 5) is 12.9. The molecule has 1 aromatic heterocycles. The second-order valence-corrected chi connectivity index (χ2v) is 13.9. The highest BCUT2D eigenvalue weighted by molar-refractivity contribution is 5.82. The summed E-state index contributed by atoms with van der Waals surface area (Å²) in [5.74, 6) is -0.298. The highest BCUT2D eigenvalue weighted by Crippen LogP contribution is 2.56. The molecule has 0 N–H and O–H groups in total. The fraction of sp³-hybridized carbons (Fsp3) is 0.0612. The molecule has 252 valence electrons. The minimum absolute atomic E-state index is 0.0510. The largest absolute Gasteiger partial charge is 0.310 e. The number of hydrogen-bond acceptors (Lipinski definition) is 5. The summed E-state index contributed by atoms with van der Waals surface area (Å²) in [7, 11) is 0. The number of fused-ring (bicyclic) bond motifs is 1. The van der Waals surface area contributed by atoms with Gasteiger partial charge in [0.25, 0.3) is 0 Å². The standard InChI is InChI=1S/C49H31N5/c50-29-34-26-43-44(27-35(34)30-51)53-49-47-39-23-21-33(45(31-13-5-1-6-14-31)32-15-7-2-8-16-32)25-41(39)46(48(49)52-43)40-24-22-38(28-42(40)47)54(36-17-9-3-10-18-36)37-19-11-4-12-20-37/h1-28,45-47H/t46-,47?/m0/s1. The summed E-state index contributed by atoms with van der Waals surface area (Å²) >= 11 is 0. The zero-order chi connectivity index (χ0) is 36.2. The Morgan fingerprint density at radius 2 is 0.870 bits per heavy atom. The van der Waals surface area contributed by atoms with Crippen molar-refractivity contribution >= 4 is 28.1 Å². The summed E-state index contributed by atoms with van der Waals surface area (Å²) in [6.07, 6.45) is 0. The van der Waals surface area contributed by atoms with Gasteiger partial charge in [-0.1, -0.05) is 121 Å². The van der Waals surface area contributed by atoms with Gasteiger partial charge >= 0.3 is 0 Å². The first-order chi connectivity index (χ1) is 26.7. The Balaban J connectivity index is 1.20. The molecular formula is C49H31N5. The number of nitriles is 2. The highest BCUT2D eigenvalue weighted by atomic mass is 15.1. The van der Waals surface area contributed by atoms with E-state index in [1.165, 1.54) is 38.9 Å². The molecule has 0 aliphatic heterocycles. The average molecular weight is 690 g/mol. The van der Waals surface area contributed by atoms with Crippen molar-refractivity contribution in [3.05, 3.63) is 231 Å². The van der Waals surface area contributed by atoms with Crippen LogP contribution in [0, 0.1) is 22.7 Å². The first kappa shape index (κ1) is 31.4.